The fourth-order valence-corrected chi connectivity index (χ4v) is 2.10. The molecule has 2 N–H and O–H groups in total. The summed E-state index contributed by atoms with van der Waals surface area (Å²) in [7, 11) is 1.14. The van der Waals surface area contributed by atoms with Crippen LogP contribution in [0, 0.1) is 0 Å². The van der Waals surface area contributed by atoms with E-state index in [-0.39, 0.29) is 36.0 Å². The number of benzene rings is 1. The Bertz CT molecular complexity index is 636. The van der Waals surface area contributed by atoms with Crippen LogP contribution in [0.25, 0.3) is 0 Å². The van der Waals surface area contributed by atoms with Crippen molar-refractivity contribution in [3.8, 4) is 5.75 Å². The number of nitrogens with one attached hydrogen (secondary N) is 2. The number of methoxy groups -OCH3 is 1. The van der Waals surface area contributed by atoms with Crippen LogP contribution < -0.4 is 15.4 Å². The van der Waals surface area contributed by atoms with Crippen molar-refractivity contribution < 1.29 is 37.0 Å². The van der Waals surface area contributed by atoms with Gasteiger partial charge < -0.3 is 24.8 Å². The molecule has 1 aromatic rings. The van der Waals surface area contributed by atoms with E-state index in [2.05, 4.69) is 15.4 Å². The molecule has 1 heterocycles. The Hall–Kier alpha value is -2.04. The monoisotopic (exact) mass is 398 g/mol. The molecule has 1 aliphatic rings. The van der Waals surface area contributed by atoms with E-state index < -0.39 is 30.8 Å². The van der Waals surface area contributed by atoms with Crippen LogP contribution in [0.5, 0.6) is 5.75 Å². The van der Waals surface area contributed by atoms with Crippen LogP contribution in [-0.2, 0) is 14.3 Å². The Labute approximate surface area is 153 Å². The highest BCUT2D eigenvalue weighted by Crippen LogP contribution is 2.28. The fourth-order valence-electron chi connectivity index (χ4n) is 2.10. The molecule has 1 aliphatic heterocycles. The number of amides is 1. The van der Waals surface area contributed by atoms with Gasteiger partial charge in [0.15, 0.2) is 6.61 Å². The number of ether oxygens (including phenoxy) is 3. The van der Waals surface area contributed by atoms with Gasteiger partial charge in [-0.2, -0.15) is 13.2 Å². The van der Waals surface area contributed by atoms with Crippen LogP contribution in [0.2, 0.25) is 0 Å². The minimum Gasteiger partial charge on any atom is -0.482 e. The highest BCUT2D eigenvalue weighted by atomic mass is 35.5. The number of alkyl halides is 3. The van der Waals surface area contributed by atoms with Gasteiger partial charge in [0, 0.05) is 13.1 Å². The SMILES string of the molecule is COC(=O)c1ccc(NC(=O)[C@H]2CNCCO2)c(OCC(F)(F)F)c1.Cl. The first-order chi connectivity index (χ1) is 11.8. The Morgan fingerprint density at radius 2 is 2.12 bits per heavy atom. The molecule has 7 nitrogen and oxygen atoms in total. The average molecular weight is 399 g/mol. The van der Waals surface area contributed by atoms with Crippen LogP contribution in [0.15, 0.2) is 18.2 Å². The van der Waals surface area contributed by atoms with Crippen molar-refractivity contribution in [2.45, 2.75) is 12.3 Å². The zero-order valence-electron chi connectivity index (χ0n) is 13.7. The highest BCUT2D eigenvalue weighted by Gasteiger charge is 2.29. The molecule has 0 unspecified atom stereocenters. The molecule has 146 valence electrons. The number of hydrogen-bond donors (Lipinski definition) is 2. The number of rotatable bonds is 5. The van der Waals surface area contributed by atoms with Crippen molar-refractivity contribution in [1.29, 1.82) is 0 Å². The summed E-state index contributed by atoms with van der Waals surface area (Å²) in [5.74, 6) is -1.57. The molecule has 0 radical (unpaired) electrons. The van der Waals surface area contributed by atoms with Crippen LogP contribution in [0.1, 0.15) is 10.4 Å². The summed E-state index contributed by atoms with van der Waals surface area (Å²) in [4.78, 5) is 23.7. The topological polar surface area (TPSA) is 85.9 Å². The summed E-state index contributed by atoms with van der Waals surface area (Å²) in [6.07, 6.45) is -5.34. The lowest BCUT2D eigenvalue weighted by Crippen LogP contribution is -2.45. The van der Waals surface area contributed by atoms with Crippen molar-refractivity contribution in [2.75, 3.05) is 38.7 Å². The van der Waals surface area contributed by atoms with Gasteiger partial charge in [-0.15, -0.1) is 12.4 Å². The first kappa shape index (κ1) is 22.0. The van der Waals surface area contributed by atoms with Gasteiger partial charge in [0.2, 0.25) is 0 Å². The molecule has 1 aromatic carbocycles. The van der Waals surface area contributed by atoms with Gasteiger partial charge >= 0.3 is 12.1 Å². The quantitative estimate of drug-likeness (QED) is 0.735. The van der Waals surface area contributed by atoms with E-state index in [0.717, 1.165) is 13.2 Å². The molecule has 0 aliphatic carbocycles. The van der Waals surface area contributed by atoms with Crippen LogP contribution in [0.4, 0.5) is 18.9 Å². The third-order valence-corrected chi connectivity index (χ3v) is 3.27. The molecule has 1 fully saturated rings. The molecule has 26 heavy (non-hydrogen) atoms. The van der Waals surface area contributed by atoms with Crippen molar-refractivity contribution in [1.82, 2.24) is 5.32 Å². The summed E-state index contributed by atoms with van der Waals surface area (Å²) in [5, 5.41) is 5.42. The first-order valence-corrected chi connectivity index (χ1v) is 7.35. The standard InChI is InChI=1S/C15H17F3N2O5.ClH/c1-23-14(22)9-2-3-10(11(6-9)25-8-15(16,17)18)20-13(21)12-7-19-4-5-24-12;/h2-3,6,12,19H,4-5,7-8H2,1H3,(H,20,21);1H/t12-;/m1./s1. The smallest absolute Gasteiger partial charge is 0.422 e. The molecular formula is C15H18ClF3N2O5. The zero-order valence-corrected chi connectivity index (χ0v) is 14.5. The molecule has 0 bridgehead atoms. The molecule has 1 amide bonds. The summed E-state index contributed by atoms with van der Waals surface area (Å²) in [6, 6.07) is 3.65. The van der Waals surface area contributed by atoms with Gasteiger partial charge in [-0.25, -0.2) is 4.79 Å². The van der Waals surface area contributed by atoms with E-state index in [1.807, 2.05) is 0 Å². The van der Waals surface area contributed by atoms with E-state index in [9.17, 15) is 22.8 Å². The number of esters is 1. The lowest BCUT2D eigenvalue weighted by atomic mass is 10.1. The van der Waals surface area contributed by atoms with Gasteiger partial charge in [0.1, 0.15) is 11.9 Å². The maximum atomic E-state index is 12.4. The molecule has 1 atom stereocenters. The first-order valence-electron chi connectivity index (χ1n) is 7.35. The van der Waals surface area contributed by atoms with Crippen LogP contribution in [-0.4, -0.2) is 57.6 Å². The minimum absolute atomic E-state index is 0. The minimum atomic E-state index is -4.57. The second kappa shape index (κ2) is 9.60. The molecule has 0 aromatic heterocycles. The number of carbonyl (C=O) groups excluding carboxylic acids is 2. The second-order valence-corrected chi connectivity index (χ2v) is 5.16. The maximum absolute atomic E-state index is 12.4. The average Bonchev–Trinajstić information content (AvgIpc) is 2.60. The number of anilines is 1. The van der Waals surface area contributed by atoms with Gasteiger partial charge in [0.25, 0.3) is 5.91 Å². The van der Waals surface area contributed by atoms with E-state index >= 15 is 0 Å². The van der Waals surface area contributed by atoms with E-state index in [4.69, 9.17) is 9.47 Å². The predicted molar refractivity (Wildman–Crippen MR) is 87.8 cm³/mol. The molecule has 1 saturated heterocycles. The summed E-state index contributed by atoms with van der Waals surface area (Å²) < 4.78 is 51.8. The third kappa shape index (κ3) is 6.36. The summed E-state index contributed by atoms with van der Waals surface area (Å²) in [5.41, 5.74) is -0.00988. The lowest BCUT2D eigenvalue weighted by molar-refractivity contribution is -0.153. The normalized spacial score (nSPS) is 17.0. The van der Waals surface area contributed by atoms with Gasteiger partial charge in [-0.3, -0.25) is 4.79 Å². The Kier molecular flexibility index (Phi) is 8.12. The fraction of sp³-hybridized carbons (Fsp3) is 0.467. The number of carbonyl (C=O) groups is 2. The number of hydrogen-bond acceptors (Lipinski definition) is 6. The van der Waals surface area contributed by atoms with E-state index in [1.54, 1.807) is 0 Å². The van der Waals surface area contributed by atoms with Crippen LogP contribution in [0.3, 0.4) is 0 Å². The van der Waals surface area contributed by atoms with Gasteiger partial charge in [-0.05, 0) is 18.2 Å². The third-order valence-electron chi connectivity index (χ3n) is 3.27. The van der Waals surface area contributed by atoms with Crippen molar-refractivity contribution >= 4 is 30.0 Å². The summed E-state index contributed by atoms with van der Waals surface area (Å²) >= 11 is 0. The summed E-state index contributed by atoms with van der Waals surface area (Å²) in [6.45, 7) is -0.332. The number of halogens is 4. The van der Waals surface area contributed by atoms with Crippen molar-refractivity contribution in [2.24, 2.45) is 0 Å². The van der Waals surface area contributed by atoms with Crippen molar-refractivity contribution in [3.05, 3.63) is 23.8 Å². The van der Waals surface area contributed by atoms with Gasteiger partial charge in [0.05, 0.1) is 25.0 Å². The largest absolute Gasteiger partial charge is 0.482 e. The Morgan fingerprint density at radius 1 is 1.38 bits per heavy atom. The maximum Gasteiger partial charge on any atom is 0.422 e. The Balaban J connectivity index is 0.00000338. The highest BCUT2D eigenvalue weighted by molar-refractivity contribution is 5.97. The molecule has 11 heteroatoms. The molecule has 0 saturated carbocycles. The second-order valence-electron chi connectivity index (χ2n) is 5.16. The molecule has 0 spiro atoms. The van der Waals surface area contributed by atoms with Crippen LogP contribution >= 0.6 is 12.4 Å². The van der Waals surface area contributed by atoms with E-state index in [1.165, 1.54) is 12.1 Å². The molecular weight excluding hydrogens is 381 g/mol. The van der Waals surface area contributed by atoms with Crippen molar-refractivity contribution in [3.63, 3.8) is 0 Å². The Morgan fingerprint density at radius 3 is 2.69 bits per heavy atom. The van der Waals surface area contributed by atoms with E-state index in [0.29, 0.717) is 13.2 Å². The zero-order chi connectivity index (χ0) is 18.4. The van der Waals surface area contributed by atoms with Gasteiger partial charge in [-0.1, -0.05) is 0 Å². The predicted octanol–water partition coefficient (Wildman–Crippen LogP) is 1.76. The lowest BCUT2D eigenvalue weighted by Gasteiger charge is -2.23. The molecule has 2 rings (SSSR count). The number of morpholine rings is 1.